The van der Waals surface area contributed by atoms with Gasteiger partial charge in [0.25, 0.3) is 0 Å². The summed E-state index contributed by atoms with van der Waals surface area (Å²) in [5.41, 5.74) is 4.35. The topological polar surface area (TPSA) is 29.9 Å². The molecule has 1 heterocycles. The summed E-state index contributed by atoms with van der Waals surface area (Å²) in [5.74, 6) is 0.629. The summed E-state index contributed by atoms with van der Waals surface area (Å²) in [6.45, 7) is 3.20. The van der Waals surface area contributed by atoms with Gasteiger partial charge in [-0.3, -0.25) is 4.68 Å². The van der Waals surface area contributed by atoms with Gasteiger partial charge in [0.1, 0.15) is 0 Å². The molecule has 2 aromatic rings. The Morgan fingerprint density at radius 1 is 1.25 bits per heavy atom. The van der Waals surface area contributed by atoms with E-state index >= 15 is 0 Å². The van der Waals surface area contributed by atoms with Gasteiger partial charge in [-0.2, -0.15) is 5.10 Å². The minimum absolute atomic E-state index is 0.386. The second-order valence-electron chi connectivity index (χ2n) is 5.68. The van der Waals surface area contributed by atoms with Gasteiger partial charge in [-0.15, -0.1) is 0 Å². The molecule has 0 saturated heterocycles. The summed E-state index contributed by atoms with van der Waals surface area (Å²) in [6.07, 6.45) is 5.38. The van der Waals surface area contributed by atoms with Crippen molar-refractivity contribution >= 4 is 0 Å². The van der Waals surface area contributed by atoms with Gasteiger partial charge in [0, 0.05) is 12.7 Å². The standard InChI is InChI=1S/C17H23N3/c1-3-10-20-16(8-9-19-20)17(18-2)15-11-13-6-4-5-7-14(13)12-15/h4-9,15,17-18H,3,10-12H2,1-2H3. The van der Waals surface area contributed by atoms with Crippen LogP contribution in [0.4, 0.5) is 0 Å². The van der Waals surface area contributed by atoms with Gasteiger partial charge < -0.3 is 5.32 Å². The Kier molecular flexibility index (Phi) is 3.88. The Labute approximate surface area is 121 Å². The lowest BCUT2D eigenvalue weighted by Gasteiger charge is -2.24. The molecule has 0 spiro atoms. The molecular weight excluding hydrogens is 246 g/mol. The Morgan fingerprint density at radius 2 is 1.95 bits per heavy atom. The van der Waals surface area contributed by atoms with E-state index < -0.39 is 0 Å². The van der Waals surface area contributed by atoms with Crippen molar-refractivity contribution in [1.29, 1.82) is 0 Å². The van der Waals surface area contributed by atoms with Crippen LogP contribution in [-0.2, 0) is 19.4 Å². The van der Waals surface area contributed by atoms with Crippen LogP contribution in [0.5, 0.6) is 0 Å². The van der Waals surface area contributed by atoms with Gasteiger partial charge in [0.05, 0.1) is 11.7 Å². The molecule has 1 unspecified atom stereocenters. The van der Waals surface area contributed by atoms with E-state index in [1.165, 1.54) is 29.7 Å². The summed E-state index contributed by atoms with van der Waals surface area (Å²) in [4.78, 5) is 0. The number of nitrogens with zero attached hydrogens (tertiary/aromatic N) is 2. The zero-order valence-electron chi connectivity index (χ0n) is 12.3. The minimum atomic E-state index is 0.386. The third kappa shape index (κ3) is 2.38. The average molecular weight is 269 g/mol. The fraction of sp³-hybridized carbons (Fsp3) is 0.471. The Bertz CT molecular complexity index is 548. The maximum atomic E-state index is 4.47. The molecule has 3 rings (SSSR count). The van der Waals surface area contributed by atoms with Crippen molar-refractivity contribution in [2.45, 2.75) is 38.8 Å². The van der Waals surface area contributed by atoms with Gasteiger partial charge in [0.2, 0.25) is 0 Å². The van der Waals surface area contributed by atoms with Gasteiger partial charge >= 0.3 is 0 Å². The van der Waals surface area contributed by atoms with Crippen LogP contribution in [-0.4, -0.2) is 16.8 Å². The highest BCUT2D eigenvalue weighted by Gasteiger charge is 2.30. The van der Waals surface area contributed by atoms with E-state index in [2.05, 4.69) is 59.4 Å². The van der Waals surface area contributed by atoms with Crippen molar-refractivity contribution < 1.29 is 0 Å². The molecule has 1 atom stereocenters. The van der Waals surface area contributed by atoms with Crippen molar-refractivity contribution in [3.8, 4) is 0 Å². The molecule has 0 aliphatic heterocycles. The molecule has 1 aliphatic rings. The number of hydrogen-bond acceptors (Lipinski definition) is 2. The maximum absolute atomic E-state index is 4.47. The molecule has 1 aromatic heterocycles. The number of benzene rings is 1. The van der Waals surface area contributed by atoms with Crippen molar-refractivity contribution in [3.05, 3.63) is 53.3 Å². The van der Waals surface area contributed by atoms with E-state index in [0.717, 1.165) is 13.0 Å². The first-order chi connectivity index (χ1) is 9.83. The zero-order chi connectivity index (χ0) is 13.9. The lowest BCUT2D eigenvalue weighted by Crippen LogP contribution is -2.28. The summed E-state index contributed by atoms with van der Waals surface area (Å²) < 4.78 is 2.16. The summed E-state index contributed by atoms with van der Waals surface area (Å²) >= 11 is 0. The highest BCUT2D eigenvalue weighted by atomic mass is 15.3. The fourth-order valence-electron chi connectivity index (χ4n) is 3.46. The molecule has 1 aromatic carbocycles. The van der Waals surface area contributed by atoms with Crippen LogP contribution >= 0.6 is 0 Å². The Balaban J connectivity index is 1.83. The smallest absolute Gasteiger partial charge is 0.0556 e. The van der Waals surface area contributed by atoms with E-state index in [4.69, 9.17) is 0 Å². The molecule has 1 N–H and O–H groups in total. The third-order valence-corrected chi connectivity index (χ3v) is 4.37. The number of rotatable bonds is 5. The molecule has 0 radical (unpaired) electrons. The summed E-state index contributed by atoms with van der Waals surface area (Å²) in [7, 11) is 2.07. The lowest BCUT2D eigenvalue weighted by molar-refractivity contribution is 0.369. The van der Waals surface area contributed by atoms with E-state index in [-0.39, 0.29) is 0 Å². The number of fused-ring (bicyclic) bond motifs is 1. The molecule has 1 aliphatic carbocycles. The summed E-state index contributed by atoms with van der Waals surface area (Å²) in [6, 6.07) is 11.4. The largest absolute Gasteiger partial charge is 0.311 e. The second kappa shape index (κ2) is 5.80. The predicted molar refractivity (Wildman–Crippen MR) is 81.7 cm³/mol. The highest BCUT2D eigenvalue weighted by Crippen LogP contribution is 2.35. The molecule has 0 amide bonds. The monoisotopic (exact) mass is 269 g/mol. The van der Waals surface area contributed by atoms with Gasteiger partial charge in [-0.25, -0.2) is 0 Å². The molecule has 0 fully saturated rings. The normalized spacial score (nSPS) is 16.3. The van der Waals surface area contributed by atoms with Crippen molar-refractivity contribution in [2.24, 2.45) is 5.92 Å². The quantitative estimate of drug-likeness (QED) is 0.904. The molecular formula is C17H23N3. The summed E-state index contributed by atoms with van der Waals surface area (Å²) in [5, 5.41) is 7.99. The molecule has 3 heteroatoms. The van der Waals surface area contributed by atoms with Crippen LogP contribution in [0.25, 0.3) is 0 Å². The van der Waals surface area contributed by atoms with Gasteiger partial charge in [-0.1, -0.05) is 31.2 Å². The molecule has 0 bridgehead atoms. The van der Waals surface area contributed by atoms with Crippen LogP contribution in [0.3, 0.4) is 0 Å². The van der Waals surface area contributed by atoms with E-state index in [1.807, 2.05) is 6.20 Å². The van der Waals surface area contributed by atoms with Crippen molar-refractivity contribution in [1.82, 2.24) is 15.1 Å². The number of nitrogens with one attached hydrogen (secondary N) is 1. The van der Waals surface area contributed by atoms with Gasteiger partial charge in [-0.05, 0) is 49.4 Å². The first-order valence-electron chi connectivity index (χ1n) is 7.59. The van der Waals surface area contributed by atoms with Crippen molar-refractivity contribution in [3.63, 3.8) is 0 Å². The van der Waals surface area contributed by atoms with Gasteiger partial charge in [0.15, 0.2) is 0 Å². The first kappa shape index (κ1) is 13.4. The molecule has 3 nitrogen and oxygen atoms in total. The Morgan fingerprint density at radius 3 is 2.55 bits per heavy atom. The molecule has 106 valence electrons. The lowest BCUT2D eigenvalue weighted by atomic mass is 9.94. The highest BCUT2D eigenvalue weighted by molar-refractivity contribution is 5.33. The minimum Gasteiger partial charge on any atom is -0.311 e. The fourth-order valence-corrected chi connectivity index (χ4v) is 3.46. The zero-order valence-corrected chi connectivity index (χ0v) is 12.3. The maximum Gasteiger partial charge on any atom is 0.0556 e. The molecule has 0 saturated carbocycles. The number of hydrogen-bond donors (Lipinski definition) is 1. The van der Waals surface area contributed by atoms with Crippen LogP contribution in [0.1, 0.15) is 36.2 Å². The predicted octanol–water partition coefficient (Wildman–Crippen LogP) is 2.97. The van der Waals surface area contributed by atoms with E-state index in [1.54, 1.807) is 0 Å². The average Bonchev–Trinajstić information content (AvgIpc) is 3.07. The van der Waals surface area contributed by atoms with Crippen LogP contribution in [0, 0.1) is 5.92 Å². The van der Waals surface area contributed by atoms with Crippen LogP contribution in [0.15, 0.2) is 36.5 Å². The van der Waals surface area contributed by atoms with E-state index in [0.29, 0.717) is 12.0 Å². The van der Waals surface area contributed by atoms with E-state index in [9.17, 15) is 0 Å². The van der Waals surface area contributed by atoms with Crippen LogP contribution < -0.4 is 5.32 Å². The third-order valence-electron chi connectivity index (χ3n) is 4.37. The first-order valence-corrected chi connectivity index (χ1v) is 7.59. The van der Waals surface area contributed by atoms with Crippen LogP contribution in [0.2, 0.25) is 0 Å². The SMILES string of the molecule is CCCn1nccc1C(NC)C1Cc2ccccc2C1. The molecule has 20 heavy (non-hydrogen) atoms. The number of aromatic nitrogens is 2. The second-order valence-corrected chi connectivity index (χ2v) is 5.68. The van der Waals surface area contributed by atoms with Crippen molar-refractivity contribution in [2.75, 3.05) is 7.05 Å². The number of aryl methyl sites for hydroxylation is 1. The Hall–Kier alpha value is -1.61.